The van der Waals surface area contributed by atoms with E-state index in [-0.39, 0.29) is 35.5 Å². The van der Waals surface area contributed by atoms with E-state index in [1.807, 2.05) is 32.0 Å². The van der Waals surface area contributed by atoms with Crippen molar-refractivity contribution in [1.82, 2.24) is 0 Å². The van der Waals surface area contributed by atoms with Crippen LogP contribution >= 0.6 is 0 Å². The first-order valence-electron chi connectivity index (χ1n) is 7.65. The largest absolute Gasteiger partial charge is 1.00 e. The fourth-order valence-corrected chi connectivity index (χ4v) is 2.84. The van der Waals surface area contributed by atoms with Crippen molar-refractivity contribution in [3.63, 3.8) is 0 Å². The van der Waals surface area contributed by atoms with E-state index in [1.54, 1.807) is 0 Å². The third-order valence-electron chi connectivity index (χ3n) is 5.20. The van der Waals surface area contributed by atoms with E-state index < -0.39 is 0 Å². The van der Waals surface area contributed by atoms with Gasteiger partial charge in [-0.05, 0) is 27.5 Å². The molecule has 0 aliphatic carbocycles. The zero-order valence-corrected chi connectivity index (χ0v) is 14.6. The summed E-state index contributed by atoms with van der Waals surface area (Å²) in [6.07, 6.45) is 0. The number of aliphatic imine (C=N–C) groups is 1. The smallest absolute Gasteiger partial charge is 0.468 e. The Morgan fingerprint density at radius 2 is 1.17 bits per heavy atom. The minimum absolute atomic E-state index is 0. The van der Waals surface area contributed by atoms with Gasteiger partial charge in [-0.1, -0.05) is 93.8 Å². The van der Waals surface area contributed by atoms with Gasteiger partial charge in [-0.15, -0.1) is 0 Å². The Labute approximate surface area is 150 Å². The normalized spacial score (nSPS) is 18.3. The Morgan fingerprint density at radius 1 is 0.696 bits per heavy atom. The molecule has 2 nitrogen and oxygen atoms in total. The fourth-order valence-electron chi connectivity index (χ4n) is 2.84. The molecule has 1 heterocycles. The van der Waals surface area contributed by atoms with Gasteiger partial charge >= 0.3 is 18.9 Å². The van der Waals surface area contributed by atoms with Crippen molar-refractivity contribution in [2.75, 3.05) is 0 Å². The Morgan fingerprint density at radius 3 is 1.65 bits per heavy atom. The summed E-state index contributed by atoms with van der Waals surface area (Å²) in [5.41, 5.74) is 3.87. The zero-order valence-electron chi connectivity index (χ0n) is 14.6. The van der Waals surface area contributed by atoms with Crippen LogP contribution in [-0.2, 0) is 0 Å². The van der Waals surface area contributed by atoms with Gasteiger partial charge in [0.25, 0.3) is 0 Å². The van der Waals surface area contributed by atoms with Gasteiger partial charge in [0.15, 0.2) is 0 Å². The summed E-state index contributed by atoms with van der Waals surface area (Å²) in [7, 11) is 0. The standard InChI is InChI=1S/C20H21N2.Li/c1-19(2)17(22-18(21)20(19,3)4)16-12-10-15(11-13-16)14-8-6-5-7-9-14;/h5-13H,1-4H3;/q-1;+1. The van der Waals surface area contributed by atoms with E-state index in [9.17, 15) is 5.41 Å². The summed E-state index contributed by atoms with van der Waals surface area (Å²) in [5.74, 6) is 0.222. The maximum Gasteiger partial charge on any atom is 1.00 e. The average molecular weight is 296 g/mol. The van der Waals surface area contributed by atoms with Crippen LogP contribution in [0.5, 0.6) is 0 Å². The molecule has 0 saturated carbocycles. The molecule has 0 aromatic heterocycles. The number of hydrogen-bond donors (Lipinski definition) is 0. The monoisotopic (exact) mass is 296 g/mol. The number of amidine groups is 1. The molecule has 112 valence electrons. The molecule has 0 atom stereocenters. The van der Waals surface area contributed by atoms with Gasteiger partial charge < -0.3 is 10.4 Å². The van der Waals surface area contributed by atoms with Crippen LogP contribution in [0.1, 0.15) is 33.3 Å². The van der Waals surface area contributed by atoms with E-state index in [4.69, 9.17) is 0 Å². The van der Waals surface area contributed by atoms with Gasteiger partial charge in [-0.25, -0.2) is 0 Å². The maximum absolute atomic E-state index is 10.2. The van der Waals surface area contributed by atoms with Crippen molar-refractivity contribution < 1.29 is 18.9 Å². The summed E-state index contributed by atoms with van der Waals surface area (Å²) < 4.78 is 0. The molecule has 1 aliphatic rings. The van der Waals surface area contributed by atoms with Gasteiger partial charge in [0.05, 0.1) is 0 Å². The molecule has 0 bridgehead atoms. The van der Waals surface area contributed by atoms with Crippen molar-refractivity contribution >= 4 is 11.5 Å². The SMILES string of the molecule is CC1(C)C(=[N-])N=C(c2ccc(-c3ccccc3)cc2)C1(C)C.[Li+]. The molecule has 3 heteroatoms. The summed E-state index contributed by atoms with van der Waals surface area (Å²) in [6.45, 7) is 8.36. The van der Waals surface area contributed by atoms with Gasteiger partial charge in [0.1, 0.15) is 0 Å². The molecular formula is C20H21LiN2. The fraction of sp³-hybridized carbons (Fsp3) is 0.300. The molecule has 23 heavy (non-hydrogen) atoms. The average Bonchev–Trinajstić information content (AvgIpc) is 2.68. The van der Waals surface area contributed by atoms with Crippen molar-refractivity contribution in [1.29, 1.82) is 0 Å². The van der Waals surface area contributed by atoms with Crippen LogP contribution in [0.2, 0.25) is 0 Å². The van der Waals surface area contributed by atoms with Crippen LogP contribution in [-0.4, -0.2) is 11.5 Å². The molecule has 0 radical (unpaired) electrons. The number of nitrogens with zero attached hydrogens (tertiary/aromatic N) is 2. The van der Waals surface area contributed by atoms with E-state index in [0.717, 1.165) is 11.3 Å². The van der Waals surface area contributed by atoms with Crippen LogP contribution in [0.25, 0.3) is 16.5 Å². The number of hydrogen-bond acceptors (Lipinski definition) is 0. The topological polar surface area (TPSA) is 34.7 Å². The molecule has 0 saturated heterocycles. The maximum atomic E-state index is 10.2. The van der Waals surface area contributed by atoms with Crippen LogP contribution in [0, 0.1) is 10.8 Å². The molecule has 2 aromatic rings. The van der Waals surface area contributed by atoms with Crippen molar-refractivity contribution in [2.24, 2.45) is 15.8 Å². The third-order valence-corrected chi connectivity index (χ3v) is 5.20. The van der Waals surface area contributed by atoms with E-state index in [1.165, 1.54) is 11.1 Å². The summed E-state index contributed by atoms with van der Waals surface area (Å²) in [6, 6.07) is 18.7. The summed E-state index contributed by atoms with van der Waals surface area (Å²) >= 11 is 0. The van der Waals surface area contributed by atoms with E-state index in [0.29, 0.717) is 0 Å². The summed E-state index contributed by atoms with van der Waals surface area (Å²) in [4.78, 5) is 4.46. The quantitative estimate of drug-likeness (QED) is 0.762. The minimum atomic E-state index is -0.347. The molecule has 0 fully saturated rings. The second kappa shape index (κ2) is 6.11. The second-order valence-electron chi connectivity index (χ2n) is 6.98. The predicted molar refractivity (Wildman–Crippen MR) is 94.3 cm³/mol. The van der Waals surface area contributed by atoms with Gasteiger partial charge in [-0.3, -0.25) is 0 Å². The van der Waals surface area contributed by atoms with Crippen molar-refractivity contribution in [3.8, 4) is 11.1 Å². The molecule has 2 aromatic carbocycles. The molecule has 0 amide bonds. The van der Waals surface area contributed by atoms with Gasteiger partial charge in [-0.2, -0.15) is 0 Å². The van der Waals surface area contributed by atoms with Crippen molar-refractivity contribution in [3.05, 3.63) is 65.6 Å². The summed E-state index contributed by atoms with van der Waals surface area (Å²) in [5, 5.41) is 10.2. The molecule has 0 unspecified atom stereocenters. The van der Waals surface area contributed by atoms with Crippen molar-refractivity contribution in [2.45, 2.75) is 27.7 Å². The Balaban J connectivity index is 0.00000192. The first-order chi connectivity index (χ1) is 10.3. The molecular weight excluding hydrogens is 275 g/mol. The minimum Gasteiger partial charge on any atom is -0.468 e. The number of rotatable bonds is 2. The first-order valence-corrected chi connectivity index (χ1v) is 7.65. The Hall–Kier alpha value is -1.62. The Bertz CT molecular complexity index is 741. The first kappa shape index (κ1) is 17.7. The van der Waals surface area contributed by atoms with E-state index >= 15 is 0 Å². The molecule has 3 rings (SSSR count). The van der Waals surface area contributed by atoms with Gasteiger partial charge in [0.2, 0.25) is 0 Å². The van der Waals surface area contributed by atoms with Crippen LogP contribution in [0.15, 0.2) is 59.6 Å². The van der Waals surface area contributed by atoms with E-state index in [2.05, 4.69) is 55.2 Å². The Kier molecular flexibility index (Phi) is 4.71. The second-order valence-corrected chi connectivity index (χ2v) is 6.98. The zero-order chi connectivity index (χ0) is 16.0. The predicted octanol–water partition coefficient (Wildman–Crippen LogP) is 2.18. The molecule has 0 N–H and O–H groups in total. The van der Waals surface area contributed by atoms with Crippen LogP contribution < -0.4 is 18.9 Å². The number of benzene rings is 2. The molecule has 0 spiro atoms. The van der Waals surface area contributed by atoms with Crippen LogP contribution in [0.4, 0.5) is 0 Å². The third kappa shape index (κ3) is 2.82. The van der Waals surface area contributed by atoms with Gasteiger partial charge in [0, 0.05) is 0 Å². The molecule has 1 aliphatic heterocycles. The van der Waals surface area contributed by atoms with Crippen LogP contribution in [0.3, 0.4) is 0 Å².